The molecule has 0 aromatic rings. The highest BCUT2D eigenvalue weighted by molar-refractivity contribution is 5.86. The van der Waals surface area contributed by atoms with E-state index >= 15 is 0 Å². The Hall–Kier alpha value is -1.79. The van der Waals surface area contributed by atoms with Crippen LogP contribution in [0, 0.1) is 5.92 Å². The number of aliphatic carboxylic acids is 1. The van der Waals surface area contributed by atoms with Crippen molar-refractivity contribution in [1.82, 2.24) is 9.80 Å². The first-order chi connectivity index (χ1) is 8.31. The molecule has 18 heavy (non-hydrogen) atoms. The van der Waals surface area contributed by atoms with Gasteiger partial charge in [-0.15, -0.1) is 0 Å². The molecule has 102 valence electrons. The van der Waals surface area contributed by atoms with Crippen molar-refractivity contribution in [3.8, 4) is 0 Å². The van der Waals surface area contributed by atoms with E-state index in [9.17, 15) is 14.4 Å². The number of nitrogens with zero attached hydrogens (tertiary/aromatic N) is 2. The highest BCUT2D eigenvalue weighted by atomic mass is 16.4. The van der Waals surface area contributed by atoms with Crippen molar-refractivity contribution in [2.45, 2.75) is 26.3 Å². The van der Waals surface area contributed by atoms with Gasteiger partial charge in [-0.3, -0.25) is 9.59 Å². The summed E-state index contributed by atoms with van der Waals surface area (Å²) < 4.78 is 0. The molecule has 0 bridgehead atoms. The molecule has 1 saturated heterocycles. The number of hydrogen-bond donors (Lipinski definition) is 2. The zero-order valence-electron chi connectivity index (χ0n) is 10.6. The number of rotatable bonds is 4. The van der Waals surface area contributed by atoms with Gasteiger partial charge >= 0.3 is 12.0 Å². The molecule has 0 aromatic heterocycles. The van der Waals surface area contributed by atoms with Gasteiger partial charge in [0.1, 0.15) is 13.1 Å². The summed E-state index contributed by atoms with van der Waals surface area (Å²) in [5.41, 5.74) is 5.02. The van der Waals surface area contributed by atoms with Gasteiger partial charge in [0, 0.05) is 12.6 Å². The molecular formula is C11H19N3O4. The average Bonchev–Trinajstić information content (AvgIpc) is 2.54. The fraction of sp³-hybridized carbons (Fsp3) is 0.727. The van der Waals surface area contributed by atoms with Gasteiger partial charge in [0.05, 0.1) is 0 Å². The Bertz CT molecular complexity index is 342. The third kappa shape index (κ3) is 3.61. The number of primary amides is 1. The molecule has 1 aliphatic rings. The van der Waals surface area contributed by atoms with E-state index in [0.717, 1.165) is 11.3 Å². The van der Waals surface area contributed by atoms with Gasteiger partial charge in [-0.05, 0) is 19.3 Å². The molecule has 1 heterocycles. The molecule has 1 aliphatic heterocycles. The van der Waals surface area contributed by atoms with E-state index in [-0.39, 0.29) is 12.6 Å². The monoisotopic (exact) mass is 257 g/mol. The lowest BCUT2D eigenvalue weighted by molar-refractivity contribution is -0.138. The number of amides is 3. The minimum Gasteiger partial charge on any atom is -0.480 e. The van der Waals surface area contributed by atoms with Gasteiger partial charge in [0.15, 0.2) is 0 Å². The van der Waals surface area contributed by atoms with Crippen LogP contribution >= 0.6 is 0 Å². The predicted molar refractivity (Wildman–Crippen MR) is 63.7 cm³/mol. The quantitative estimate of drug-likeness (QED) is 0.722. The van der Waals surface area contributed by atoms with E-state index in [2.05, 4.69) is 0 Å². The summed E-state index contributed by atoms with van der Waals surface area (Å²) in [5, 5.41) is 8.74. The number of carboxylic acid groups (broad SMARTS) is 1. The Morgan fingerprint density at radius 1 is 1.33 bits per heavy atom. The molecule has 2 atom stereocenters. The van der Waals surface area contributed by atoms with Crippen molar-refractivity contribution >= 4 is 17.9 Å². The second-order valence-corrected chi connectivity index (χ2v) is 4.84. The number of carboxylic acids is 1. The van der Waals surface area contributed by atoms with Crippen LogP contribution in [0.5, 0.6) is 0 Å². The summed E-state index contributed by atoms with van der Waals surface area (Å²) >= 11 is 0. The Morgan fingerprint density at radius 2 is 1.94 bits per heavy atom. The first kappa shape index (κ1) is 14.3. The number of likely N-dealkylation sites (tertiary alicyclic amines) is 1. The standard InChI is InChI=1S/C11H19N3O4/c1-7-3-8(2)14(4-7)11(18)13(5-9(12)15)6-10(16)17/h7-8H,3-6H2,1-2H3,(H2,12,15)(H,16,17). The van der Waals surface area contributed by atoms with Gasteiger partial charge in [0.2, 0.25) is 5.91 Å². The molecule has 1 rings (SSSR count). The lowest BCUT2D eigenvalue weighted by atomic mass is 10.1. The van der Waals surface area contributed by atoms with Crippen LogP contribution in [0.15, 0.2) is 0 Å². The molecular weight excluding hydrogens is 238 g/mol. The van der Waals surface area contributed by atoms with Crippen LogP contribution in [-0.4, -0.2) is 58.5 Å². The van der Waals surface area contributed by atoms with Crippen LogP contribution in [0.25, 0.3) is 0 Å². The maximum atomic E-state index is 12.2. The lowest BCUT2D eigenvalue weighted by Crippen LogP contribution is -2.49. The van der Waals surface area contributed by atoms with Crippen LogP contribution < -0.4 is 5.73 Å². The minimum atomic E-state index is -1.16. The zero-order chi connectivity index (χ0) is 13.9. The topological polar surface area (TPSA) is 104 Å². The largest absolute Gasteiger partial charge is 0.480 e. The summed E-state index contributed by atoms with van der Waals surface area (Å²) in [4.78, 5) is 36.3. The maximum absolute atomic E-state index is 12.2. The fourth-order valence-electron chi connectivity index (χ4n) is 2.29. The first-order valence-corrected chi connectivity index (χ1v) is 5.87. The Morgan fingerprint density at radius 3 is 2.33 bits per heavy atom. The summed E-state index contributed by atoms with van der Waals surface area (Å²) in [6.45, 7) is 3.63. The van der Waals surface area contributed by atoms with E-state index in [1.165, 1.54) is 0 Å². The van der Waals surface area contributed by atoms with E-state index in [0.29, 0.717) is 12.5 Å². The maximum Gasteiger partial charge on any atom is 0.323 e. The van der Waals surface area contributed by atoms with Crippen LogP contribution in [0.1, 0.15) is 20.3 Å². The van der Waals surface area contributed by atoms with E-state index < -0.39 is 24.5 Å². The fourth-order valence-corrected chi connectivity index (χ4v) is 2.29. The zero-order valence-corrected chi connectivity index (χ0v) is 10.6. The molecule has 0 radical (unpaired) electrons. The number of nitrogens with two attached hydrogens (primary N) is 1. The molecule has 3 N–H and O–H groups in total. The van der Waals surface area contributed by atoms with Gasteiger partial charge in [0.25, 0.3) is 0 Å². The number of carbonyl (C=O) groups excluding carboxylic acids is 2. The molecule has 7 heteroatoms. The first-order valence-electron chi connectivity index (χ1n) is 5.87. The third-order valence-electron chi connectivity index (χ3n) is 2.97. The highest BCUT2D eigenvalue weighted by Gasteiger charge is 2.33. The van der Waals surface area contributed by atoms with Gasteiger partial charge < -0.3 is 20.6 Å². The Kier molecular flexibility index (Phi) is 4.52. The van der Waals surface area contributed by atoms with E-state index in [1.54, 1.807) is 4.90 Å². The summed E-state index contributed by atoms with van der Waals surface area (Å²) in [5.74, 6) is -1.50. The minimum absolute atomic E-state index is 0.0525. The Balaban J connectivity index is 2.75. The second kappa shape index (κ2) is 5.70. The van der Waals surface area contributed by atoms with Gasteiger partial charge in [-0.2, -0.15) is 0 Å². The third-order valence-corrected chi connectivity index (χ3v) is 2.97. The molecule has 0 aromatic carbocycles. The average molecular weight is 257 g/mol. The highest BCUT2D eigenvalue weighted by Crippen LogP contribution is 2.23. The Labute approximate surface area is 106 Å². The van der Waals surface area contributed by atoms with Crippen molar-refractivity contribution in [3.63, 3.8) is 0 Å². The van der Waals surface area contributed by atoms with Crippen LogP contribution in [-0.2, 0) is 9.59 Å². The predicted octanol–water partition coefficient (Wildman–Crippen LogP) is -0.291. The van der Waals surface area contributed by atoms with Crippen LogP contribution in [0.4, 0.5) is 4.79 Å². The van der Waals surface area contributed by atoms with Crippen molar-refractivity contribution < 1.29 is 19.5 Å². The second-order valence-electron chi connectivity index (χ2n) is 4.84. The molecule has 3 amide bonds. The summed E-state index contributed by atoms with van der Waals surface area (Å²) in [6, 6.07) is -0.385. The number of carbonyl (C=O) groups is 3. The lowest BCUT2D eigenvalue weighted by Gasteiger charge is -2.28. The van der Waals surface area contributed by atoms with E-state index in [1.807, 2.05) is 13.8 Å². The number of hydrogen-bond acceptors (Lipinski definition) is 3. The van der Waals surface area contributed by atoms with Crippen LogP contribution in [0.3, 0.4) is 0 Å². The molecule has 7 nitrogen and oxygen atoms in total. The van der Waals surface area contributed by atoms with Gasteiger partial charge in [-0.25, -0.2) is 4.79 Å². The molecule has 0 spiro atoms. The van der Waals surface area contributed by atoms with Gasteiger partial charge in [-0.1, -0.05) is 6.92 Å². The van der Waals surface area contributed by atoms with Crippen molar-refractivity contribution in [1.29, 1.82) is 0 Å². The van der Waals surface area contributed by atoms with Crippen molar-refractivity contribution in [2.75, 3.05) is 19.6 Å². The number of urea groups is 1. The molecule has 0 saturated carbocycles. The SMILES string of the molecule is CC1CC(C)N(C(=O)N(CC(N)=O)CC(=O)O)C1. The molecule has 1 fully saturated rings. The molecule has 2 unspecified atom stereocenters. The normalized spacial score (nSPS) is 22.9. The summed E-state index contributed by atoms with van der Waals surface area (Å²) in [7, 11) is 0. The molecule has 0 aliphatic carbocycles. The summed E-state index contributed by atoms with van der Waals surface area (Å²) in [6.07, 6.45) is 0.878. The van der Waals surface area contributed by atoms with Crippen molar-refractivity contribution in [3.05, 3.63) is 0 Å². The van der Waals surface area contributed by atoms with Crippen LogP contribution in [0.2, 0.25) is 0 Å². The van der Waals surface area contributed by atoms with E-state index in [4.69, 9.17) is 10.8 Å². The smallest absolute Gasteiger partial charge is 0.323 e. The van der Waals surface area contributed by atoms with Crippen molar-refractivity contribution in [2.24, 2.45) is 11.7 Å².